The van der Waals surface area contributed by atoms with Crippen molar-refractivity contribution in [3.05, 3.63) is 28.8 Å². The molecule has 0 aliphatic carbocycles. The van der Waals surface area contributed by atoms with Crippen molar-refractivity contribution in [3.63, 3.8) is 0 Å². The predicted octanol–water partition coefficient (Wildman–Crippen LogP) is 2.10. The Morgan fingerprint density at radius 1 is 1.41 bits per heavy atom. The van der Waals surface area contributed by atoms with Crippen LogP contribution in [0.3, 0.4) is 0 Å². The molecule has 0 aliphatic rings. The Labute approximate surface area is 101 Å². The largest absolute Gasteiger partial charge is 0.490 e. The van der Waals surface area contributed by atoms with Gasteiger partial charge in [-0.25, -0.2) is 0 Å². The highest BCUT2D eigenvalue weighted by Crippen LogP contribution is 2.25. The fraction of sp³-hybridized carbons (Fsp3) is 0.400. The van der Waals surface area contributed by atoms with Crippen LogP contribution in [0, 0.1) is 0 Å². The number of hydrogen-bond donors (Lipinski definition) is 2. The fourth-order valence-electron chi connectivity index (χ4n) is 1.11. The van der Waals surface area contributed by atoms with E-state index in [0.29, 0.717) is 10.6 Å². The average Bonchev–Trinajstić information content (AvgIpc) is 2.25. The van der Waals surface area contributed by atoms with Crippen LogP contribution < -0.4 is 10.5 Å². The van der Waals surface area contributed by atoms with E-state index in [-0.39, 0.29) is 12.3 Å². The highest BCUT2D eigenvalue weighted by atomic mass is 35.5. The maximum atomic E-state index is 12.0. The molecule has 3 N–H and O–H groups in total. The van der Waals surface area contributed by atoms with Gasteiger partial charge in [-0.2, -0.15) is 13.2 Å². The molecule has 1 aromatic carbocycles. The molecule has 1 unspecified atom stereocenters. The van der Waals surface area contributed by atoms with Gasteiger partial charge in [-0.1, -0.05) is 11.6 Å². The Kier molecular flexibility index (Phi) is 4.62. The molecule has 0 bridgehead atoms. The quantitative estimate of drug-likeness (QED) is 0.880. The number of aliphatic hydroxyl groups is 1. The third kappa shape index (κ3) is 4.07. The van der Waals surface area contributed by atoms with E-state index in [2.05, 4.69) is 0 Å². The first kappa shape index (κ1) is 14.1. The van der Waals surface area contributed by atoms with Crippen molar-refractivity contribution in [1.82, 2.24) is 0 Å². The van der Waals surface area contributed by atoms with Gasteiger partial charge in [0.1, 0.15) is 12.4 Å². The van der Waals surface area contributed by atoms with Crippen LogP contribution in [-0.4, -0.2) is 24.0 Å². The second-order valence-corrected chi connectivity index (χ2v) is 3.76. The molecule has 0 aliphatic heterocycles. The number of aliphatic hydroxyl groups excluding tert-OH is 1. The Bertz CT molecular complexity index is 384. The number of hydrogen-bond acceptors (Lipinski definition) is 3. The molecule has 3 nitrogen and oxygen atoms in total. The lowest BCUT2D eigenvalue weighted by Crippen LogP contribution is -2.34. The SMILES string of the molecule is NCc1cc(Cl)ccc1OCC(O)C(F)(F)F. The van der Waals surface area contributed by atoms with Gasteiger partial charge in [-0.05, 0) is 18.2 Å². The second-order valence-electron chi connectivity index (χ2n) is 3.32. The van der Waals surface area contributed by atoms with Crippen molar-refractivity contribution >= 4 is 11.6 Å². The molecule has 0 amide bonds. The number of alkyl halides is 3. The molecule has 96 valence electrons. The van der Waals surface area contributed by atoms with Crippen molar-refractivity contribution in [2.75, 3.05) is 6.61 Å². The molecule has 0 aromatic heterocycles. The molecule has 0 saturated carbocycles. The van der Waals surface area contributed by atoms with Gasteiger partial charge in [0, 0.05) is 17.1 Å². The molecular weight excluding hydrogens is 259 g/mol. The maximum Gasteiger partial charge on any atom is 0.417 e. The van der Waals surface area contributed by atoms with E-state index >= 15 is 0 Å². The number of nitrogens with two attached hydrogens (primary N) is 1. The maximum absolute atomic E-state index is 12.0. The normalized spacial score (nSPS) is 13.5. The zero-order valence-electron chi connectivity index (χ0n) is 8.67. The van der Waals surface area contributed by atoms with Crippen LogP contribution in [0.4, 0.5) is 13.2 Å². The van der Waals surface area contributed by atoms with Crippen molar-refractivity contribution in [1.29, 1.82) is 0 Å². The van der Waals surface area contributed by atoms with Gasteiger partial charge in [0.2, 0.25) is 0 Å². The molecule has 0 radical (unpaired) electrons. The molecule has 0 spiro atoms. The summed E-state index contributed by atoms with van der Waals surface area (Å²) in [7, 11) is 0. The van der Waals surface area contributed by atoms with Crippen molar-refractivity contribution in [2.45, 2.75) is 18.8 Å². The minimum absolute atomic E-state index is 0.0814. The first-order valence-electron chi connectivity index (χ1n) is 4.70. The smallest absolute Gasteiger partial charge is 0.417 e. The van der Waals surface area contributed by atoms with Crippen LogP contribution in [0.5, 0.6) is 5.75 Å². The zero-order chi connectivity index (χ0) is 13.1. The lowest BCUT2D eigenvalue weighted by Gasteiger charge is -2.16. The minimum Gasteiger partial charge on any atom is -0.490 e. The molecule has 0 heterocycles. The Morgan fingerprint density at radius 3 is 2.59 bits per heavy atom. The molecule has 1 rings (SSSR count). The monoisotopic (exact) mass is 269 g/mol. The van der Waals surface area contributed by atoms with Gasteiger partial charge in [-0.15, -0.1) is 0 Å². The number of rotatable bonds is 4. The summed E-state index contributed by atoms with van der Waals surface area (Å²) >= 11 is 5.69. The lowest BCUT2D eigenvalue weighted by atomic mass is 10.2. The summed E-state index contributed by atoms with van der Waals surface area (Å²) in [6, 6.07) is 4.38. The Hall–Kier alpha value is -0.980. The van der Waals surface area contributed by atoms with Gasteiger partial charge in [0.15, 0.2) is 6.10 Å². The summed E-state index contributed by atoms with van der Waals surface area (Å²) in [6.07, 6.45) is -7.22. The fourth-order valence-corrected chi connectivity index (χ4v) is 1.31. The van der Waals surface area contributed by atoms with Gasteiger partial charge in [0.05, 0.1) is 0 Å². The second kappa shape index (κ2) is 5.57. The number of ether oxygens (including phenoxy) is 1. The molecular formula is C10H11ClF3NO2. The average molecular weight is 270 g/mol. The van der Waals surface area contributed by atoms with Crippen molar-refractivity contribution in [3.8, 4) is 5.75 Å². The number of halogens is 4. The van der Waals surface area contributed by atoms with Gasteiger partial charge < -0.3 is 15.6 Å². The topological polar surface area (TPSA) is 55.5 Å². The molecule has 0 saturated heterocycles. The summed E-state index contributed by atoms with van der Waals surface area (Å²) in [4.78, 5) is 0. The van der Waals surface area contributed by atoms with E-state index in [4.69, 9.17) is 27.2 Å². The van der Waals surface area contributed by atoms with Crippen molar-refractivity contribution < 1.29 is 23.0 Å². The van der Waals surface area contributed by atoms with E-state index in [1.165, 1.54) is 18.2 Å². The highest BCUT2D eigenvalue weighted by molar-refractivity contribution is 6.30. The molecule has 1 aromatic rings. The van der Waals surface area contributed by atoms with Gasteiger partial charge in [0.25, 0.3) is 0 Å². The number of benzene rings is 1. The summed E-state index contributed by atoms with van der Waals surface area (Å²) in [5, 5.41) is 9.17. The van der Waals surface area contributed by atoms with E-state index in [0.717, 1.165) is 0 Å². The molecule has 1 atom stereocenters. The van der Waals surface area contributed by atoms with E-state index in [1.807, 2.05) is 0 Å². The van der Waals surface area contributed by atoms with Crippen LogP contribution in [0.1, 0.15) is 5.56 Å². The highest BCUT2D eigenvalue weighted by Gasteiger charge is 2.38. The predicted molar refractivity (Wildman–Crippen MR) is 56.9 cm³/mol. The standard InChI is InChI=1S/C10H11ClF3NO2/c11-7-1-2-8(6(3-7)4-15)17-5-9(16)10(12,13)14/h1-3,9,16H,4-5,15H2. The Balaban J connectivity index is 2.69. The van der Waals surface area contributed by atoms with Crippen LogP contribution in [0.15, 0.2) is 18.2 Å². The summed E-state index contributed by atoms with van der Waals surface area (Å²) in [5.74, 6) is 0.181. The van der Waals surface area contributed by atoms with E-state index in [9.17, 15) is 13.2 Å². The Morgan fingerprint density at radius 2 is 2.06 bits per heavy atom. The molecule has 0 fully saturated rings. The molecule has 7 heteroatoms. The van der Waals surface area contributed by atoms with Gasteiger partial charge in [-0.3, -0.25) is 0 Å². The van der Waals surface area contributed by atoms with Crippen LogP contribution >= 0.6 is 11.6 Å². The lowest BCUT2D eigenvalue weighted by molar-refractivity contribution is -0.210. The molecule has 17 heavy (non-hydrogen) atoms. The van der Waals surface area contributed by atoms with Gasteiger partial charge >= 0.3 is 6.18 Å². The van der Waals surface area contributed by atoms with Crippen LogP contribution in [0.25, 0.3) is 0 Å². The first-order chi connectivity index (χ1) is 7.84. The van der Waals surface area contributed by atoms with E-state index in [1.54, 1.807) is 0 Å². The van der Waals surface area contributed by atoms with Crippen LogP contribution in [-0.2, 0) is 6.54 Å². The van der Waals surface area contributed by atoms with Crippen LogP contribution in [0.2, 0.25) is 5.02 Å². The zero-order valence-corrected chi connectivity index (χ0v) is 9.42. The first-order valence-corrected chi connectivity index (χ1v) is 5.08. The summed E-state index contributed by atoms with van der Waals surface area (Å²) in [6.45, 7) is -0.795. The minimum atomic E-state index is -4.70. The summed E-state index contributed by atoms with van der Waals surface area (Å²) in [5.41, 5.74) is 5.87. The van der Waals surface area contributed by atoms with E-state index < -0.39 is 18.9 Å². The van der Waals surface area contributed by atoms with Crippen molar-refractivity contribution in [2.24, 2.45) is 5.73 Å². The third-order valence-electron chi connectivity index (χ3n) is 2.02. The third-order valence-corrected chi connectivity index (χ3v) is 2.25. The summed E-state index contributed by atoms with van der Waals surface area (Å²) < 4.78 is 40.9.